The fourth-order valence-electron chi connectivity index (χ4n) is 3.75. The Morgan fingerprint density at radius 2 is 2.07 bits per heavy atom. The number of H-pyrrole nitrogens is 1. The Morgan fingerprint density at radius 1 is 1.25 bits per heavy atom. The predicted octanol–water partition coefficient (Wildman–Crippen LogP) is 2.34. The molecule has 2 N–H and O–H groups in total. The standard InChI is InChI=1S/C19H24N8O/c28-18(16(27-13-20-25-26-27)12-15-8-2-1-3-9-15)22-19-21-17(23-24-19)11-10-14-6-4-5-7-14/h1-3,8-9,13-14,16H,4-7,10-12H2,(H2,21,22,23,24,28). The third kappa shape index (κ3) is 4.59. The number of tetrazole rings is 1. The van der Waals surface area contributed by atoms with Crippen LogP contribution < -0.4 is 5.32 Å². The summed E-state index contributed by atoms with van der Waals surface area (Å²) in [5.41, 5.74) is 1.02. The summed E-state index contributed by atoms with van der Waals surface area (Å²) in [4.78, 5) is 17.3. The fourth-order valence-corrected chi connectivity index (χ4v) is 3.75. The van der Waals surface area contributed by atoms with Gasteiger partial charge in [0.05, 0.1) is 0 Å². The molecule has 3 aromatic rings. The minimum atomic E-state index is -0.585. The van der Waals surface area contributed by atoms with Gasteiger partial charge in [0.15, 0.2) is 0 Å². The van der Waals surface area contributed by atoms with E-state index in [9.17, 15) is 4.79 Å². The van der Waals surface area contributed by atoms with E-state index in [0.717, 1.165) is 30.1 Å². The van der Waals surface area contributed by atoms with Gasteiger partial charge >= 0.3 is 0 Å². The van der Waals surface area contributed by atoms with Crippen molar-refractivity contribution >= 4 is 11.9 Å². The number of amides is 1. The first-order valence-corrected chi connectivity index (χ1v) is 9.76. The van der Waals surface area contributed by atoms with Crippen LogP contribution in [-0.4, -0.2) is 41.3 Å². The van der Waals surface area contributed by atoms with Crippen molar-refractivity contribution < 1.29 is 4.79 Å². The summed E-state index contributed by atoms with van der Waals surface area (Å²) >= 11 is 0. The summed E-state index contributed by atoms with van der Waals surface area (Å²) in [6.07, 6.45) is 9.17. The number of hydrogen-bond acceptors (Lipinski definition) is 6. The normalized spacial score (nSPS) is 15.6. The maximum absolute atomic E-state index is 12.9. The van der Waals surface area contributed by atoms with E-state index in [1.165, 1.54) is 36.7 Å². The molecule has 28 heavy (non-hydrogen) atoms. The Hall–Kier alpha value is -3.10. The van der Waals surface area contributed by atoms with Crippen molar-refractivity contribution in [3.05, 3.63) is 48.0 Å². The molecule has 1 aliphatic carbocycles. The van der Waals surface area contributed by atoms with Gasteiger partial charge in [-0.1, -0.05) is 56.0 Å². The van der Waals surface area contributed by atoms with E-state index in [1.54, 1.807) is 0 Å². The zero-order valence-corrected chi connectivity index (χ0v) is 15.7. The van der Waals surface area contributed by atoms with Crippen molar-refractivity contribution in [1.29, 1.82) is 0 Å². The highest BCUT2D eigenvalue weighted by molar-refractivity contribution is 5.92. The van der Waals surface area contributed by atoms with Gasteiger partial charge in [0.1, 0.15) is 18.2 Å². The number of aromatic nitrogens is 7. The SMILES string of the molecule is O=C(Nc1n[nH]c(CCC2CCCC2)n1)C(Cc1ccccc1)n1cnnn1. The minimum absolute atomic E-state index is 0.252. The number of nitrogens with one attached hydrogen (secondary N) is 2. The third-order valence-electron chi connectivity index (χ3n) is 5.29. The first-order valence-electron chi connectivity index (χ1n) is 9.76. The number of benzene rings is 1. The number of anilines is 1. The second-order valence-corrected chi connectivity index (χ2v) is 7.28. The van der Waals surface area contributed by atoms with E-state index in [2.05, 4.69) is 36.0 Å². The zero-order chi connectivity index (χ0) is 19.2. The van der Waals surface area contributed by atoms with Crippen molar-refractivity contribution in [2.24, 2.45) is 5.92 Å². The van der Waals surface area contributed by atoms with Gasteiger partial charge in [-0.25, -0.2) is 4.68 Å². The van der Waals surface area contributed by atoms with Crippen LogP contribution in [-0.2, 0) is 17.6 Å². The molecule has 2 aromatic heterocycles. The van der Waals surface area contributed by atoms with Crippen LogP contribution in [0.15, 0.2) is 36.7 Å². The predicted molar refractivity (Wildman–Crippen MR) is 102 cm³/mol. The fraction of sp³-hybridized carbons (Fsp3) is 0.474. The molecule has 9 heteroatoms. The van der Waals surface area contributed by atoms with Gasteiger partial charge in [-0.05, 0) is 28.3 Å². The van der Waals surface area contributed by atoms with E-state index in [1.807, 2.05) is 30.3 Å². The number of aromatic amines is 1. The molecule has 146 valence electrons. The van der Waals surface area contributed by atoms with Crippen LogP contribution in [0.25, 0.3) is 0 Å². The number of aryl methyl sites for hydroxylation is 1. The lowest BCUT2D eigenvalue weighted by Crippen LogP contribution is -2.28. The van der Waals surface area contributed by atoms with Crippen molar-refractivity contribution in [2.45, 2.75) is 51.0 Å². The molecular weight excluding hydrogens is 356 g/mol. The topological polar surface area (TPSA) is 114 Å². The van der Waals surface area contributed by atoms with Gasteiger partial charge in [-0.15, -0.1) is 10.2 Å². The van der Waals surface area contributed by atoms with E-state index in [-0.39, 0.29) is 11.9 Å². The number of carbonyl (C=O) groups is 1. The minimum Gasteiger partial charge on any atom is -0.291 e. The van der Waals surface area contributed by atoms with Crippen LogP contribution >= 0.6 is 0 Å². The van der Waals surface area contributed by atoms with Crippen molar-refractivity contribution in [1.82, 2.24) is 35.4 Å². The van der Waals surface area contributed by atoms with Crippen molar-refractivity contribution in [2.75, 3.05) is 5.32 Å². The molecular formula is C19H24N8O. The molecule has 2 heterocycles. The Bertz CT molecular complexity index is 870. The largest absolute Gasteiger partial charge is 0.291 e. The smallest absolute Gasteiger partial charge is 0.252 e. The van der Waals surface area contributed by atoms with E-state index in [4.69, 9.17) is 0 Å². The second-order valence-electron chi connectivity index (χ2n) is 7.28. The highest BCUT2D eigenvalue weighted by Gasteiger charge is 2.24. The molecule has 1 atom stereocenters. The van der Waals surface area contributed by atoms with Crippen LogP contribution in [0.5, 0.6) is 0 Å². The van der Waals surface area contributed by atoms with Crippen LogP contribution in [0, 0.1) is 5.92 Å². The van der Waals surface area contributed by atoms with Crippen LogP contribution in [0.1, 0.15) is 49.5 Å². The monoisotopic (exact) mass is 380 g/mol. The molecule has 1 fully saturated rings. The number of carbonyl (C=O) groups excluding carboxylic acids is 1. The Labute approximate surface area is 163 Å². The summed E-state index contributed by atoms with van der Waals surface area (Å²) in [6, 6.07) is 9.18. The summed E-state index contributed by atoms with van der Waals surface area (Å²) in [7, 11) is 0. The van der Waals surface area contributed by atoms with Gasteiger partial charge in [0.25, 0.3) is 5.91 Å². The average Bonchev–Trinajstić information content (AvgIpc) is 3.48. The molecule has 0 aliphatic heterocycles. The quantitative estimate of drug-likeness (QED) is 0.620. The van der Waals surface area contributed by atoms with Crippen molar-refractivity contribution in [3.8, 4) is 0 Å². The average molecular weight is 380 g/mol. The Kier molecular flexibility index (Phi) is 5.69. The van der Waals surface area contributed by atoms with E-state index < -0.39 is 6.04 Å². The van der Waals surface area contributed by atoms with Crippen LogP contribution in [0.3, 0.4) is 0 Å². The van der Waals surface area contributed by atoms with Gasteiger partial charge in [0, 0.05) is 12.8 Å². The zero-order valence-electron chi connectivity index (χ0n) is 15.7. The summed E-state index contributed by atoms with van der Waals surface area (Å²) < 4.78 is 1.45. The maximum atomic E-state index is 12.9. The Balaban J connectivity index is 1.40. The second kappa shape index (κ2) is 8.73. The molecule has 1 unspecified atom stereocenters. The molecule has 0 spiro atoms. The lowest BCUT2D eigenvalue weighted by molar-refractivity contribution is -0.119. The highest BCUT2D eigenvalue weighted by atomic mass is 16.2. The van der Waals surface area contributed by atoms with Crippen LogP contribution in [0.2, 0.25) is 0 Å². The molecule has 1 aromatic carbocycles. The number of hydrogen-bond donors (Lipinski definition) is 2. The molecule has 0 saturated heterocycles. The molecule has 1 aliphatic rings. The molecule has 4 rings (SSSR count). The molecule has 9 nitrogen and oxygen atoms in total. The molecule has 0 radical (unpaired) electrons. The third-order valence-corrected chi connectivity index (χ3v) is 5.29. The van der Waals surface area contributed by atoms with Crippen LogP contribution in [0.4, 0.5) is 5.95 Å². The maximum Gasteiger partial charge on any atom is 0.252 e. The molecule has 0 bridgehead atoms. The first-order chi connectivity index (χ1) is 13.8. The van der Waals surface area contributed by atoms with E-state index >= 15 is 0 Å². The number of nitrogens with zero attached hydrogens (tertiary/aromatic N) is 6. The van der Waals surface area contributed by atoms with Crippen molar-refractivity contribution in [3.63, 3.8) is 0 Å². The summed E-state index contributed by atoms with van der Waals surface area (Å²) in [6.45, 7) is 0. The first kappa shape index (κ1) is 18.3. The summed E-state index contributed by atoms with van der Waals surface area (Å²) in [5.74, 6) is 1.64. The van der Waals surface area contributed by atoms with Gasteiger partial charge < -0.3 is 0 Å². The lowest BCUT2D eigenvalue weighted by Gasteiger charge is -2.15. The molecule has 1 amide bonds. The highest BCUT2D eigenvalue weighted by Crippen LogP contribution is 2.28. The van der Waals surface area contributed by atoms with Gasteiger partial charge in [-0.3, -0.25) is 15.2 Å². The Morgan fingerprint density at radius 3 is 2.82 bits per heavy atom. The molecule has 1 saturated carbocycles. The van der Waals surface area contributed by atoms with Gasteiger partial charge in [-0.2, -0.15) is 4.98 Å². The van der Waals surface area contributed by atoms with E-state index in [0.29, 0.717) is 6.42 Å². The summed E-state index contributed by atoms with van der Waals surface area (Å²) in [5, 5.41) is 21.1. The lowest BCUT2D eigenvalue weighted by atomic mass is 10.0. The number of rotatable bonds is 8. The van der Waals surface area contributed by atoms with Gasteiger partial charge in [0.2, 0.25) is 5.95 Å².